The number of morpholine rings is 1. The first kappa shape index (κ1) is 23.7. The van der Waals surface area contributed by atoms with Crippen LogP contribution in [0.1, 0.15) is 26.5 Å². The van der Waals surface area contributed by atoms with Crippen molar-refractivity contribution in [3.63, 3.8) is 0 Å². The van der Waals surface area contributed by atoms with Crippen LogP contribution in [0.25, 0.3) is 16.8 Å². The second-order valence-corrected chi connectivity index (χ2v) is 9.34. The van der Waals surface area contributed by atoms with Crippen LogP contribution < -0.4 is 20.3 Å². The van der Waals surface area contributed by atoms with E-state index in [1.54, 1.807) is 24.5 Å². The van der Waals surface area contributed by atoms with Crippen molar-refractivity contribution in [3.05, 3.63) is 53.1 Å². The Morgan fingerprint density at radius 3 is 2.44 bits per heavy atom. The second kappa shape index (κ2) is 9.57. The Bertz CT molecular complexity index is 1380. The largest absolute Gasteiger partial charge is 0.480 e. The molecule has 0 radical (unpaired) electrons. The van der Waals surface area contributed by atoms with Crippen LogP contribution in [0.4, 0.5) is 5.95 Å². The molecule has 3 aromatic heterocycles. The molecule has 1 unspecified atom stereocenters. The fraction of sp³-hybridized carbons (Fsp3) is 0.400. The Labute approximate surface area is 207 Å². The van der Waals surface area contributed by atoms with Crippen molar-refractivity contribution < 1.29 is 19.0 Å². The number of nitrogens with zero attached hydrogens (tertiary/aromatic N) is 7. The van der Waals surface area contributed by atoms with Gasteiger partial charge in [0.15, 0.2) is 6.04 Å². The van der Waals surface area contributed by atoms with E-state index in [1.165, 1.54) is 7.11 Å². The number of pyridine rings is 1. The molecule has 5 rings (SSSR count). The van der Waals surface area contributed by atoms with Crippen LogP contribution in [0.3, 0.4) is 0 Å². The Morgan fingerprint density at radius 1 is 1.06 bits per heavy atom. The van der Waals surface area contributed by atoms with Gasteiger partial charge in [-0.1, -0.05) is 0 Å². The van der Waals surface area contributed by atoms with Crippen LogP contribution in [0, 0.1) is 0 Å². The summed E-state index contributed by atoms with van der Waals surface area (Å²) in [5.74, 6) is 0.391. The molecule has 2 aliphatic heterocycles. The predicted octanol–water partition coefficient (Wildman–Crippen LogP) is 0.716. The molecule has 0 bridgehead atoms. The smallest absolute Gasteiger partial charge is 0.336 e. The van der Waals surface area contributed by atoms with Gasteiger partial charge in [-0.3, -0.25) is 9.98 Å². The first-order valence-electron chi connectivity index (χ1n) is 11.7. The lowest BCUT2D eigenvalue weighted by Gasteiger charge is -2.27. The summed E-state index contributed by atoms with van der Waals surface area (Å²) in [6, 6.07) is 6.17. The number of hydrogen-bond donors (Lipinski definition) is 0. The van der Waals surface area contributed by atoms with Gasteiger partial charge in [0, 0.05) is 42.7 Å². The SMILES string of the molecule is COc1ccc(C2=c3nc(N4CCOCC4)nc(-c4ccncc4)c3=NC2C(=O)OC(C)(C)C)nn1. The number of fused-ring (bicyclic) bond motifs is 1. The van der Waals surface area contributed by atoms with E-state index in [-0.39, 0.29) is 0 Å². The van der Waals surface area contributed by atoms with Gasteiger partial charge in [-0.05, 0) is 39.0 Å². The normalized spacial score (nSPS) is 17.4. The van der Waals surface area contributed by atoms with Crippen molar-refractivity contribution in [3.8, 4) is 17.1 Å². The lowest BCUT2D eigenvalue weighted by molar-refractivity contribution is -0.154. The minimum atomic E-state index is -0.975. The molecule has 5 heterocycles. The van der Waals surface area contributed by atoms with Crippen LogP contribution in [0.2, 0.25) is 0 Å². The fourth-order valence-corrected chi connectivity index (χ4v) is 4.05. The Balaban J connectivity index is 1.77. The molecule has 1 fully saturated rings. The number of aromatic nitrogens is 5. The topological polar surface area (TPSA) is 125 Å². The van der Waals surface area contributed by atoms with E-state index in [9.17, 15) is 4.79 Å². The summed E-state index contributed by atoms with van der Waals surface area (Å²) in [5, 5.41) is 9.45. The van der Waals surface area contributed by atoms with Crippen molar-refractivity contribution >= 4 is 17.5 Å². The highest BCUT2D eigenvalue weighted by molar-refractivity contribution is 5.93. The molecular weight excluding hydrogens is 462 g/mol. The number of esters is 1. The molecular formula is C25H27N7O4. The van der Waals surface area contributed by atoms with Crippen LogP contribution in [-0.2, 0) is 14.3 Å². The highest BCUT2D eigenvalue weighted by Gasteiger charge is 2.35. The van der Waals surface area contributed by atoms with Crippen molar-refractivity contribution in [1.82, 2.24) is 25.1 Å². The fourth-order valence-electron chi connectivity index (χ4n) is 4.05. The number of rotatable bonds is 5. The van der Waals surface area contributed by atoms with Crippen LogP contribution in [0.5, 0.6) is 5.88 Å². The number of anilines is 1. The van der Waals surface area contributed by atoms with Crippen molar-refractivity contribution in [2.75, 3.05) is 38.3 Å². The Hall–Kier alpha value is -3.99. The van der Waals surface area contributed by atoms with Crippen molar-refractivity contribution in [2.24, 2.45) is 4.99 Å². The van der Waals surface area contributed by atoms with Gasteiger partial charge in [-0.15, -0.1) is 10.2 Å². The van der Waals surface area contributed by atoms with Gasteiger partial charge in [-0.2, -0.15) is 0 Å². The van der Waals surface area contributed by atoms with E-state index in [2.05, 4.69) is 20.1 Å². The molecule has 11 nitrogen and oxygen atoms in total. The summed E-state index contributed by atoms with van der Waals surface area (Å²) in [6.45, 7) is 7.92. The van der Waals surface area contributed by atoms with Gasteiger partial charge in [0.1, 0.15) is 22.0 Å². The van der Waals surface area contributed by atoms with Crippen molar-refractivity contribution in [1.29, 1.82) is 0 Å². The lowest BCUT2D eigenvalue weighted by atomic mass is 10.0. The molecule has 0 aliphatic carbocycles. The van der Waals surface area contributed by atoms with Gasteiger partial charge in [-0.25, -0.2) is 14.8 Å². The number of carbonyl (C=O) groups excluding carboxylic acids is 1. The summed E-state index contributed by atoms with van der Waals surface area (Å²) in [5.41, 5.74) is 1.69. The number of hydrogen-bond acceptors (Lipinski definition) is 11. The Kier molecular flexibility index (Phi) is 6.31. The van der Waals surface area contributed by atoms with Crippen LogP contribution in [-0.4, -0.2) is 76.2 Å². The monoisotopic (exact) mass is 489 g/mol. The summed E-state index contributed by atoms with van der Waals surface area (Å²) in [4.78, 5) is 34.1. The summed E-state index contributed by atoms with van der Waals surface area (Å²) < 4.78 is 16.4. The maximum absolute atomic E-state index is 13.4. The third-order valence-corrected chi connectivity index (χ3v) is 5.66. The number of carbonyl (C=O) groups is 1. The lowest BCUT2D eigenvalue weighted by Crippen LogP contribution is -2.41. The van der Waals surface area contributed by atoms with Crippen LogP contribution in [0.15, 0.2) is 41.7 Å². The van der Waals surface area contributed by atoms with Gasteiger partial charge in [0.25, 0.3) is 0 Å². The minimum absolute atomic E-state index is 0.359. The van der Waals surface area contributed by atoms with E-state index >= 15 is 0 Å². The molecule has 186 valence electrons. The van der Waals surface area contributed by atoms with E-state index < -0.39 is 17.6 Å². The molecule has 1 saturated heterocycles. The van der Waals surface area contributed by atoms with Crippen LogP contribution >= 0.6 is 0 Å². The standard InChI is InChI=1S/C25H27N7O4/c1-25(2,3)36-23(33)21-18(16-5-6-17(34-4)31-30-16)20-22(27-21)19(15-7-9-26-10-8-15)28-24(29-20)32-11-13-35-14-12-32/h5-10,21H,11-14H2,1-4H3. The zero-order valence-electron chi connectivity index (χ0n) is 20.6. The average molecular weight is 490 g/mol. The molecule has 1 atom stereocenters. The zero-order chi connectivity index (χ0) is 25.3. The first-order valence-corrected chi connectivity index (χ1v) is 11.7. The molecule has 2 aliphatic rings. The summed E-state index contributed by atoms with van der Waals surface area (Å²) in [7, 11) is 1.52. The maximum Gasteiger partial charge on any atom is 0.336 e. The molecule has 0 saturated carbocycles. The molecule has 0 N–H and O–H groups in total. The van der Waals surface area contributed by atoms with Gasteiger partial charge >= 0.3 is 5.97 Å². The zero-order valence-corrected chi connectivity index (χ0v) is 20.6. The Morgan fingerprint density at radius 2 is 1.81 bits per heavy atom. The summed E-state index contributed by atoms with van der Waals surface area (Å²) >= 11 is 0. The third-order valence-electron chi connectivity index (χ3n) is 5.66. The van der Waals surface area contributed by atoms with Gasteiger partial charge < -0.3 is 19.1 Å². The van der Waals surface area contributed by atoms with E-state index in [1.807, 2.05) is 32.9 Å². The predicted molar refractivity (Wildman–Crippen MR) is 130 cm³/mol. The second-order valence-electron chi connectivity index (χ2n) is 9.34. The quantitative estimate of drug-likeness (QED) is 0.473. The van der Waals surface area contributed by atoms with Crippen molar-refractivity contribution in [2.45, 2.75) is 32.4 Å². The molecule has 36 heavy (non-hydrogen) atoms. The number of methoxy groups -OCH3 is 1. The average Bonchev–Trinajstić information content (AvgIpc) is 3.28. The minimum Gasteiger partial charge on any atom is -0.480 e. The highest BCUT2D eigenvalue weighted by atomic mass is 16.6. The third kappa shape index (κ3) is 4.74. The van der Waals surface area contributed by atoms with Gasteiger partial charge in [0.2, 0.25) is 11.8 Å². The number of ether oxygens (including phenoxy) is 3. The molecule has 0 spiro atoms. The highest BCUT2D eigenvalue weighted by Crippen LogP contribution is 2.24. The van der Waals surface area contributed by atoms with E-state index in [0.717, 1.165) is 5.56 Å². The molecule has 11 heteroatoms. The van der Waals surface area contributed by atoms with E-state index in [4.69, 9.17) is 29.2 Å². The maximum atomic E-state index is 13.4. The molecule has 0 amide bonds. The summed E-state index contributed by atoms with van der Waals surface area (Å²) in [6.07, 6.45) is 3.39. The first-order chi connectivity index (χ1) is 17.3. The molecule has 3 aromatic rings. The van der Waals surface area contributed by atoms with E-state index in [0.29, 0.717) is 65.8 Å². The molecule has 0 aromatic carbocycles. The van der Waals surface area contributed by atoms with Gasteiger partial charge in [0.05, 0.1) is 26.0 Å².